The fraction of sp³-hybridized carbons (Fsp3) is 0.632. The Morgan fingerprint density at radius 1 is 1.30 bits per heavy atom. The van der Waals surface area contributed by atoms with Gasteiger partial charge in [-0.25, -0.2) is 4.99 Å². The minimum Gasteiger partial charge on any atom is -0.382 e. The summed E-state index contributed by atoms with van der Waals surface area (Å²) in [6.45, 7) is 7.90. The summed E-state index contributed by atoms with van der Waals surface area (Å²) in [5.41, 5.74) is 0.819. The molecule has 30 heavy (non-hydrogen) atoms. The Hall–Kier alpha value is -2.95. The van der Waals surface area contributed by atoms with Crippen molar-refractivity contribution < 1.29 is 9.53 Å². The third-order valence-corrected chi connectivity index (χ3v) is 5.03. The molecule has 0 bridgehead atoms. The molecule has 11 heteroatoms. The first kappa shape index (κ1) is 21.8. The van der Waals surface area contributed by atoms with Gasteiger partial charge in [-0.1, -0.05) is 0 Å². The van der Waals surface area contributed by atoms with Gasteiger partial charge in [0, 0.05) is 53.1 Å². The maximum Gasteiger partial charge on any atom is 0.246 e. The number of piperazine rings is 1. The molecule has 164 valence electrons. The normalized spacial score (nSPS) is 15.2. The maximum atomic E-state index is 12.8. The second-order valence-electron chi connectivity index (χ2n) is 7.18. The number of aliphatic imine (C=N–C) groups is 1. The molecular weight excluding hydrogens is 386 g/mol. The zero-order valence-corrected chi connectivity index (χ0v) is 18.2. The van der Waals surface area contributed by atoms with Crippen molar-refractivity contribution in [3.63, 3.8) is 0 Å². The quantitative estimate of drug-likeness (QED) is 0.368. The number of carbonyl (C=O) groups is 1. The average Bonchev–Trinajstić information content (AvgIpc) is 3.30. The molecule has 2 aromatic heterocycles. The third-order valence-electron chi connectivity index (χ3n) is 5.03. The lowest BCUT2D eigenvalue weighted by atomic mass is 10.3. The van der Waals surface area contributed by atoms with Crippen molar-refractivity contribution in [2.45, 2.75) is 26.8 Å². The topological polar surface area (TPSA) is 106 Å². The van der Waals surface area contributed by atoms with Crippen molar-refractivity contribution in [1.82, 2.24) is 34.8 Å². The predicted octanol–water partition coefficient (Wildman–Crippen LogP) is 0.0780. The summed E-state index contributed by atoms with van der Waals surface area (Å²) in [5, 5.41) is 15.8. The van der Waals surface area contributed by atoms with Crippen LogP contribution >= 0.6 is 0 Å². The number of anilines is 1. The van der Waals surface area contributed by atoms with Crippen LogP contribution < -0.4 is 10.2 Å². The number of rotatable bonds is 8. The molecule has 1 aliphatic heterocycles. The number of aryl methyl sites for hydroxylation is 2. The summed E-state index contributed by atoms with van der Waals surface area (Å²) < 4.78 is 9.02. The molecule has 0 aliphatic carbocycles. The van der Waals surface area contributed by atoms with Gasteiger partial charge in [0.25, 0.3) is 0 Å². The second kappa shape index (κ2) is 10.2. The largest absolute Gasteiger partial charge is 0.382 e. The number of amides is 1. The second-order valence-corrected chi connectivity index (χ2v) is 7.18. The van der Waals surface area contributed by atoms with E-state index in [1.807, 2.05) is 43.6 Å². The number of hydrogen-bond donors (Lipinski definition) is 1. The first-order valence-corrected chi connectivity index (χ1v) is 10.2. The Morgan fingerprint density at radius 2 is 2.13 bits per heavy atom. The van der Waals surface area contributed by atoms with Crippen LogP contribution in [0.25, 0.3) is 0 Å². The van der Waals surface area contributed by atoms with E-state index in [1.54, 1.807) is 15.8 Å². The Morgan fingerprint density at radius 3 is 2.77 bits per heavy atom. The average molecular weight is 418 g/mol. The van der Waals surface area contributed by atoms with Gasteiger partial charge in [0.15, 0.2) is 11.8 Å². The van der Waals surface area contributed by atoms with Crippen LogP contribution in [-0.2, 0) is 30.2 Å². The molecule has 0 radical (unpaired) electrons. The summed E-state index contributed by atoms with van der Waals surface area (Å²) in [6.07, 6.45) is 4.43. The van der Waals surface area contributed by atoms with Gasteiger partial charge in [-0.3, -0.25) is 9.48 Å². The van der Waals surface area contributed by atoms with Crippen LogP contribution in [0.3, 0.4) is 0 Å². The third kappa shape index (κ3) is 5.35. The SMILES string of the molecule is CCOCCCNC(=NCc1nnc(C)n1C)N1CCN(c2cnn(C)c2)C(=O)C1. The van der Waals surface area contributed by atoms with Crippen molar-refractivity contribution in [3.05, 3.63) is 24.0 Å². The predicted molar refractivity (Wildman–Crippen MR) is 113 cm³/mol. The van der Waals surface area contributed by atoms with Gasteiger partial charge in [0.2, 0.25) is 5.91 Å². The summed E-state index contributed by atoms with van der Waals surface area (Å²) in [6, 6.07) is 0. The molecule has 11 nitrogen and oxygen atoms in total. The summed E-state index contributed by atoms with van der Waals surface area (Å²) in [7, 11) is 3.76. The fourth-order valence-corrected chi connectivity index (χ4v) is 3.20. The molecule has 1 N–H and O–H groups in total. The highest BCUT2D eigenvalue weighted by Gasteiger charge is 2.27. The molecule has 0 unspecified atom stereocenters. The van der Waals surface area contributed by atoms with Crippen LogP contribution in [0.15, 0.2) is 17.4 Å². The first-order chi connectivity index (χ1) is 14.5. The molecule has 0 saturated carbocycles. The molecule has 1 amide bonds. The molecule has 0 spiro atoms. The molecular formula is C19H31N9O2. The van der Waals surface area contributed by atoms with Crippen LogP contribution in [0.1, 0.15) is 25.0 Å². The number of nitrogens with one attached hydrogen (secondary N) is 1. The summed E-state index contributed by atoms with van der Waals surface area (Å²) >= 11 is 0. The Kier molecular flexibility index (Phi) is 7.39. The number of carbonyl (C=O) groups excluding carboxylic acids is 1. The van der Waals surface area contributed by atoms with Gasteiger partial charge in [-0.15, -0.1) is 10.2 Å². The van der Waals surface area contributed by atoms with Gasteiger partial charge in [0.05, 0.1) is 11.9 Å². The summed E-state index contributed by atoms with van der Waals surface area (Å²) in [4.78, 5) is 21.3. The van der Waals surface area contributed by atoms with Crippen LogP contribution in [0.4, 0.5) is 5.69 Å². The van der Waals surface area contributed by atoms with E-state index in [0.29, 0.717) is 45.4 Å². The molecule has 1 fully saturated rings. The zero-order chi connectivity index (χ0) is 21.5. The highest BCUT2D eigenvalue weighted by molar-refractivity contribution is 5.98. The van der Waals surface area contributed by atoms with E-state index in [-0.39, 0.29) is 12.5 Å². The number of aromatic nitrogens is 5. The molecule has 2 aromatic rings. The number of nitrogens with zero attached hydrogens (tertiary/aromatic N) is 8. The number of ether oxygens (including phenoxy) is 1. The van der Waals surface area contributed by atoms with Crippen molar-refractivity contribution in [2.24, 2.45) is 19.1 Å². The van der Waals surface area contributed by atoms with Crippen molar-refractivity contribution in [2.75, 3.05) is 44.3 Å². The van der Waals surface area contributed by atoms with Gasteiger partial charge in [-0.05, 0) is 20.3 Å². The lowest BCUT2D eigenvalue weighted by Crippen LogP contribution is -2.55. The molecule has 3 heterocycles. The molecule has 3 rings (SSSR count). The van der Waals surface area contributed by atoms with Crippen molar-refractivity contribution >= 4 is 17.6 Å². The van der Waals surface area contributed by atoms with Gasteiger partial charge in [-0.2, -0.15) is 5.10 Å². The van der Waals surface area contributed by atoms with Gasteiger partial charge >= 0.3 is 0 Å². The van der Waals surface area contributed by atoms with Gasteiger partial charge < -0.3 is 24.4 Å². The molecule has 1 aliphatic rings. The molecule has 0 atom stereocenters. The van der Waals surface area contributed by atoms with E-state index in [1.165, 1.54) is 0 Å². The number of hydrogen-bond acceptors (Lipinski definition) is 6. The van der Waals surface area contributed by atoms with E-state index in [2.05, 4.69) is 20.6 Å². The van der Waals surface area contributed by atoms with E-state index in [0.717, 1.165) is 23.8 Å². The van der Waals surface area contributed by atoms with Crippen molar-refractivity contribution in [3.8, 4) is 0 Å². The maximum absolute atomic E-state index is 12.8. The van der Waals surface area contributed by atoms with Crippen LogP contribution in [0, 0.1) is 6.92 Å². The Balaban J connectivity index is 1.67. The highest BCUT2D eigenvalue weighted by Crippen LogP contribution is 2.16. The molecule has 0 aromatic carbocycles. The summed E-state index contributed by atoms with van der Waals surface area (Å²) in [5.74, 6) is 2.34. The minimum absolute atomic E-state index is 0.0209. The van der Waals surface area contributed by atoms with Crippen LogP contribution in [0.5, 0.6) is 0 Å². The van der Waals surface area contributed by atoms with E-state index in [4.69, 9.17) is 9.73 Å². The van der Waals surface area contributed by atoms with E-state index >= 15 is 0 Å². The van der Waals surface area contributed by atoms with E-state index in [9.17, 15) is 4.79 Å². The smallest absolute Gasteiger partial charge is 0.246 e. The molecule has 1 saturated heterocycles. The lowest BCUT2D eigenvalue weighted by molar-refractivity contribution is -0.120. The van der Waals surface area contributed by atoms with E-state index < -0.39 is 0 Å². The van der Waals surface area contributed by atoms with Crippen LogP contribution in [-0.4, -0.2) is 80.7 Å². The van der Waals surface area contributed by atoms with Gasteiger partial charge in [0.1, 0.15) is 18.9 Å². The van der Waals surface area contributed by atoms with Crippen molar-refractivity contribution in [1.29, 1.82) is 0 Å². The number of guanidine groups is 1. The lowest BCUT2D eigenvalue weighted by Gasteiger charge is -2.35. The van der Waals surface area contributed by atoms with Crippen LogP contribution in [0.2, 0.25) is 0 Å². The highest BCUT2D eigenvalue weighted by atomic mass is 16.5. The minimum atomic E-state index is 0.0209. The zero-order valence-electron chi connectivity index (χ0n) is 18.2. The standard InChI is InChI=1S/C19H31N9O2/c1-5-30-10-6-7-20-19(21-12-17-24-23-15(2)26(17)4)27-8-9-28(18(29)14-27)16-11-22-25(3)13-16/h11,13H,5-10,12,14H2,1-4H3,(H,20,21). The Bertz CT molecular complexity index is 873. The fourth-order valence-electron chi connectivity index (χ4n) is 3.20. The monoisotopic (exact) mass is 417 g/mol. The first-order valence-electron chi connectivity index (χ1n) is 10.2. The Labute approximate surface area is 176 Å².